The van der Waals surface area contributed by atoms with Gasteiger partial charge in [0.25, 0.3) is 5.91 Å². The van der Waals surface area contributed by atoms with Crippen LogP contribution in [0.3, 0.4) is 0 Å². The number of nitrogens with zero attached hydrogens (tertiary/aromatic N) is 2. The highest BCUT2D eigenvalue weighted by molar-refractivity contribution is 8.26. The first-order valence-electron chi connectivity index (χ1n) is 7.86. The van der Waals surface area contributed by atoms with Gasteiger partial charge in [0.2, 0.25) is 0 Å². The van der Waals surface area contributed by atoms with Crippen LogP contribution in [0.4, 0.5) is 5.69 Å². The van der Waals surface area contributed by atoms with Crippen molar-refractivity contribution in [2.75, 3.05) is 37.7 Å². The Bertz CT molecular complexity index is 757. The molecule has 3 rings (SSSR count). The van der Waals surface area contributed by atoms with Crippen LogP contribution in [0.15, 0.2) is 23.1 Å². The number of amides is 1. The molecular weight excluding hydrogens is 360 g/mol. The molecule has 1 N–H and O–H groups in total. The monoisotopic (exact) mass is 378 g/mol. The maximum Gasteiger partial charge on any atom is 0.323 e. The molecule has 0 unspecified atom stereocenters. The Morgan fingerprint density at radius 1 is 1.40 bits per heavy atom. The zero-order valence-electron chi connectivity index (χ0n) is 13.7. The Hall–Kier alpha value is -1.90. The lowest BCUT2D eigenvalue weighted by Crippen LogP contribution is -2.36. The smallest absolute Gasteiger partial charge is 0.323 e. The molecular formula is C17H18N2O4S2. The second-order valence-electron chi connectivity index (χ2n) is 5.80. The predicted molar refractivity (Wildman–Crippen MR) is 102 cm³/mol. The molecule has 6 nitrogen and oxygen atoms in total. The maximum absolute atomic E-state index is 12.3. The largest absolute Gasteiger partial charge is 0.480 e. The number of carboxylic acids is 1. The summed E-state index contributed by atoms with van der Waals surface area (Å²) < 4.78 is 5.65. The molecule has 8 heteroatoms. The summed E-state index contributed by atoms with van der Waals surface area (Å²) in [6, 6.07) is 6.10. The van der Waals surface area contributed by atoms with Crippen molar-refractivity contribution >= 4 is 51.9 Å². The van der Waals surface area contributed by atoms with Crippen molar-refractivity contribution in [3.8, 4) is 0 Å². The van der Waals surface area contributed by atoms with Gasteiger partial charge in [-0.2, -0.15) is 0 Å². The van der Waals surface area contributed by atoms with Gasteiger partial charge in [-0.05, 0) is 36.3 Å². The number of aryl methyl sites for hydroxylation is 1. The number of hydrogen-bond acceptors (Lipinski definition) is 6. The number of aliphatic carboxylic acids is 1. The van der Waals surface area contributed by atoms with Gasteiger partial charge < -0.3 is 14.7 Å². The third-order valence-corrected chi connectivity index (χ3v) is 5.46. The second kappa shape index (κ2) is 7.55. The van der Waals surface area contributed by atoms with E-state index < -0.39 is 12.5 Å². The summed E-state index contributed by atoms with van der Waals surface area (Å²) in [5.41, 5.74) is 3.11. The molecule has 0 spiro atoms. The molecule has 25 heavy (non-hydrogen) atoms. The van der Waals surface area contributed by atoms with Gasteiger partial charge in [-0.3, -0.25) is 14.5 Å². The Morgan fingerprint density at radius 2 is 2.12 bits per heavy atom. The van der Waals surface area contributed by atoms with Crippen LogP contribution in [0.2, 0.25) is 0 Å². The minimum absolute atomic E-state index is 0.279. The summed E-state index contributed by atoms with van der Waals surface area (Å²) in [5.74, 6) is -1.43. The van der Waals surface area contributed by atoms with Crippen molar-refractivity contribution in [1.29, 1.82) is 0 Å². The molecule has 0 bridgehead atoms. The highest BCUT2D eigenvalue weighted by Gasteiger charge is 2.33. The molecule has 2 aliphatic heterocycles. The van der Waals surface area contributed by atoms with Gasteiger partial charge in [-0.25, -0.2) is 0 Å². The van der Waals surface area contributed by atoms with E-state index in [1.165, 1.54) is 0 Å². The van der Waals surface area contributed by atoms with Gasteiger partial charge in [0.15, 0.2) is 0 Å². The van der Waals surface area contributed by atoms with Crippen molar-refractivity contribution in [2.45, 2.75) is 6.92 Å². The lowest BCUT2D eigenvalue weighted by Gasteiger charge is -2.29. The van der Waals surface area contributed by atoms with Gasteiger partial charge in [-0.1, -0.05) is 30.0 Å². The third-order valence-electron chi connectivity index (χ3n) is 4.08. The summed E-state index contributed by atoms with van der Waals surface area (Å²) in [7, 11) is 0. The van der Waals surface area contributed by atoms with Crippen LogP contribution in [0.25, 0.3) is 6.08 Å². The van der Waals surface area contributed by atoms with E-state index in [0.29, 0.717) is 4.91 Å². The van der Waals surface area contributed by atoms with Crippen LogP contribution in [0.1, 0.15) is 11.1 Å². The van der Waals surface area contributed by atoms with Crippen molar-refractivity contribution in [2.24, 2.45) is 0 Å². The zero-order chi connectivity index (χ0) is 18.0. The van der Waals surface area contributed by atoms with Crippen LogP contribution in [0, 0.1) is 6.92 Å². The van der Waals surface area contributed by atoms with E-state index in [1.54, 1.807) is 6.08 Å². The van der Waals surface area contributed by atoms with Gasteiger partial charge in [0.05, 0.1) is 18.1 Å². The van der Waals surface area contributed by atoms with Crippen LogP contribution in [-0.2, 0) is 14.3 Å². The fraction of sp³-hybridized carbons (Fsp3) is 0.353. The third kappa shape index (κ3) is 4.02. The van der Waals surface area contributed by atoms with Crippen molar-refractivity contribution < 1.29 is 19.4 Å². The molecule has 2 fully saturated rings. The molecule has 1 aromatic carbocycles. The van der Waals surface area contributed by atoms with E-state index in [1.807, 2.05) is 19.1 Å². The number of hydrogen-bond donors (Lipinski definition) is 1. The quantitative estimate of drug-likeness (QED) is 0.636. The fourth-order valence-electron chi connectivity index (χ4n) is 2.75. The standard InChI is InChI=1S/C17H18N2O4S2/c1-11-8-13(18-4-6-23-7-5-18)3-2-12(11)9-14-16(22)19(10-15(20)21)17(24)25-14/h2-3,8-9H,4-7,10H2,1H3,(H,20,21)/b14-9-. The molecule has 2 aliphatic rings. The van der Waals surface area contributed by atoms with E-state index in [-0.39, 0.29) is 10.2 Å². The minimum atomic E-state index is -1.08. The normalized spacial score (nSPS) is 19.8. The highest BCUT2D eigenvalue weighted by atomic mass is 32.2. The fourth-order valence-corrected chi connectivity index (χ4v) is 4.00. The van der Waals surface area contributed by atoms with Crippen LogP contribution < -0.4 is 4.90 Å². The Kier molecular flexibility index (Phi) is 5.41. The molecule has 132 valence electrons. The zero-order valence-corrected chi connectivity index (χ0v) is 15.4. The van der Waals surface area contributed by atoms with E-state index in [2.05, 4.69) is 11.0 Å². The van der Waals surface area contributed by atoms with Gasteiger partial charge in [0, 0.05) is 18.8 Å². The first kappa shape index (κ1) is 17.9. The van der Waals surface area contributed by atoms with Gasteiger partial charge in [-0.15, -0.1) is 0 Å². The SMILES string of the molecule is Cc1cc(N2CCOCC2)ccc1/C=C1\SC(=S)N(CC(=O)O)C1=O. The van der Waals surface area contributed by atoms with Gasteiger partial charge >= 0.3 is 5.97 Å². The van der Waals surface area contributed by atoms with E-state index in [4.69, 9.17) is 22.1 Å². The summed E-state index contributed by atoms with van der Waals surface area (Å²) in [6.45, 7) is 4.78. The first-order chi connectivity index (χ1) is 12.0. The first-order valence-corrected chi connectivity index (χ1v) is 9.08. The highest BCUT2D eigenvalue weighted by Crippen LogP contribution is 2.33. The minimum Gasteiger partial charge on any atom is -0.480 e. The molecule has 2 saturated heterocycles. The molecule has 0 saturated carbocycles. The van der Waals surface area contributed by atoms with E-state index in [0.717, 1.165) is 59.8 Å². The van der Waals surface area contributed by atoms with Gasteiger partial charge in [0.1, 0.15) is 10.9 Å². The van der Waals surface area contributed by atoms with Crippen molar-refractivity contribution in [1.82, 2.24) is 4.90 Å². The maximum atomic E-state index is 12.3. The molecule has 0 atom stereocenters. The topological polar surface area (TPSA) is 70.1 Å². The number of morpholine rings is 1. The number of thioether (sulfide) groups is 1. The number of carbonyl (C=O) groups is 2. The number of thiocarbonyl (C=S) groups is 1. The van der Waals surface area contributed by atoms with Crippen LogP contribution in [-0.4, -0.2) is 59.1 Å². The molecule has 0 radical (unpaired) electrons. The van der Waals surface area contributed by atoms with E-state index >= 15 is 0 Å². The number of anilines is 1. The average molecular weight is 378 g/mol. The van der Waals surface area contributed by atoms with Crippen molar-refractivity contribution in [3.05, 3.63) is 34.2 Å². The Morgan fingerprint density at radius 3 is 2.76 bits per heavy atom. The molecule has 0 aromatic heterocycles. The lowest BCUT2D eigenvalue weighted by atomic mass is 10.1. The van der Waals surface area contributed by atoms with Crippen molar-refractivity contribution in [3.63, 3.8) is 0 Å². The van der Waals surface area contributed by atoms with E-state index in [9.17, 15) is 9.59 Å². The number of carbonyl (C=O) groups excluding carboxylic acids is 1. The number of ether oxygens (including phenoxy) is 1. The Labute approximate surface area is 155 Å². The van der Waals surface area contributed by atoms with Crippen LogP contribution >= 0.6 is 24.0 Å². The molecule has 1 aromatic rings. The molecule has 0 aliphatic carbocycles. The van der Waals surface area contributed by atoms with Crippen LogP contribution in [0.5, 0.6) is 0 Å². The second-order valence-corrected chi connectivity index (χ2v) is 7.48. The molecule has 1 amide bonds. The average Bonchev–Trinajstić information content (AvgIpc) is 2.84. The Balaban J connectivity index is 1.80. The number of benzene rings is 1. The molecule has 2 heterocycles. The summed E-state index contributed by atoms with van der Waals surface area (Å²) >= 11 is 6.25. The summed E-state index contributed by atoms with van der Waals surface area (Å²) in [5, 5.41) is 8.89. The number of rotatable bonds is 4. The number of carboxylic acid groups (broad SMARTS) is 1. The lowest BCUT2D eigenvalue weighted by molar-refractivity contribution is -0.140. The summed E-state index contributed by atoms with van der Waals surface area (Å²) in [4.78, 5) is 27.0. The predicted octanol–water partition coefficient (Wildman–Crippen LogP) is 2.12. The summed E-state index contributed by atoms with van der Waals surface area (Å²) in [6.07, 6.45) is 1.78.